The van der Waals surface area contributed by atoms with Gasteiger partial charge in [0.15, 0.2) is 0 Å². The summed E-state index contributed by atoms with van der Waals surface area (Å²) in [5.74, 6) is 1.56. The molecule has 312 valence electrons. The summed E-state index contributed by atoms with van der Waals surface area (Å²) in [6, 6.07) is 34.5. The molecule has 0 spiro atoms. The molecule has 0 bridgehead atoms. The molecule has 2 atom stereocenters. The molecule has 1 heterocycles. The minimum absolute atomic E-state index is 0.260. The van der Waals surface area contributed by atoms with Crippen LogP contribution >= 0.6 is 24.6 Å². The van der Waals surface area contributed by atoms with Crippen molar-refractivity contribution in [2.75, 3.05) is 75.2 Å². The van der Waals surface area contributed by atoms with Crippen LogP contribution in [0.25, 0.3) is 5.57 Å². The normalized spacial score (nSPS) is 15.1. The second-order valence-electron chi connectivity index (χ2n) is 15.5. The summed E-state index contributed by atoms with van der Waals surface area (Å²) in [6.45, 7) is 20.4. The first kappa shape index (κ1) is 46.8. The first-order chi connectivity index (χ1) is 28.2. The van der Waals surface area contributed by atoms with E-state index in [1.165, 1.54) is 32.8 Å². The van der Waals surface area contributed by atoms with Crippen molar-refractivity contribution in [3.8, 4) is 0 Å². The third kappa shape index (κ3) is 13.3. The summed E-state index contributed by atoms with van der Waals surface area (Å²) in [7, 11) is 6.34. The number of nitrogens with one attached hydrogen (secondary N) is 2. The van der Waals surface area contributed by atoms with Crippen molar-refractivity contribution in [2.24, 2.45) is 11.1 Å². The molecule has 4 aromatic carbocycles. The van der Waals surface area contributed by atoms with Gasteiger partial charge < -0.3 is 20.4 Å². The number of nitrogens with two attached hydrogens (primary N) is 1. The Morgan fingerprint density at radius 1 is 0.810 bits per heavy atom. The summed E-state index contributed by atoms with van der Waals surface area (Å²) in [5.41, 5.74) is 12.2. The Bertz CT molecular complexity index is 1830. The lowest BCUT2D eigenvalue weighted by molar-refractivity contribution is 0.212. The number of anilines is 3. The summed E-state index contributed by atoms with van der Waals surface area (Å²) in [6.07, 6.45) is 10.4. The number of nitrogens with zero attached hydrogens (tertiary/aromatic N) is 3. The predicted octanol–water partition coefficient (Wildman–Crippen LogP) is 11.5. The Kier molecular flexibility index (Phi) is 19.5. The molecule has 1 aliphatic heterocycles. The maximum Gasteiger partial charge on any atom is 0.0603 e. The Labute approximate surface area is 361 Å². The summed E-state index contributed by atoms with van der Waals surface area (Å²) < 4.78 is 0. The zero-order chi connectivity index (χ0) is 42.0. The van der Waals surface area contributed by atoms with Crippen LogP contribution in [0.15, 0.2) is 121 Å². The van der Waals surface area contributed by atoms with Gasteiger partial charge in [0.05, 0.1) is 17.4 Å². The zero-order valence-corrected chi connectivity index (χ0v) is 38.2. The number of hydrogen-bond donors (Lipinski definition) is 4. The largest absolute Gasteiger partial charge is 0.386 e. The van der Waals surface area contributed by atoms with E-state index in [1.54, 1.807) is 0 Å². The van der Waals surface area contributed by atoms with Gasteiger partial charge in [-0.15, -0.1) is 24.6 Å². The van der Waals surface area contributed by atoms with Crippen molar-refractivity contribution in [3.05, 3.63) is 154 Å². The van der Waals surface area contributed by atoms with Gasteiger partial charge >= 0.3 is 0 Å². The molecule has 4 aromatic rings. The lowest BCUT2D eigenvalue weighted by atomic mass is 9.95. The molecule has 0 aromatic heterocycles. The van der Waals surface area contributed by atoms with Crippen molar-refractivity contribution in [3.63, 3.8) is 0 Å². The van der Waals surface area contributed by atoms with Crippen molar-refractivity contribution < 1.29 is 0 Å². The molecule has 2 aliphatic rings. The van der Waals surface area contributed by atoms with E-state index in [2.05, 4.69) is 194 Å². The zero-order valence-electron chi connectivity index (χ0n) is 36.5. The molecule has 0 radical (unpaired) electrons. The molecule has 6 nitrogen and oxygen atoms in total. The highest BCUT2D eigenvalue weighted by molar-refractivity contribution is 8.03. The van der Waals surface area contributed by atoms with Crippen LogP contribution in [-0.2, 0) is 0 Å². The molecule has 1 fully saturated rings. The number of rotatable bonds is 16. The second kappa shape index (κ2) is 24.2. The molecule has 58 heavy (non-hydrogen) atoms. The Morgan fingerprint density at radius 2 is 1.40 bits per heavy atom. The standard InChI is InChI=1S/C48H61N5S.C2H6.H3NS/c1-35-13-17-40(18-14-35)48(41-19-15-36(2)16-20-41)53-31-29-52(30-32-53)43-24-21-39(22-25-43)38(4)42-23-26-45(46(33-42)49-5)50-47(37(3)27-28-51(6)7)34-54-44-11-9-8-10-12-44;2*1-2/h9,11-26,33,37,47-50H,4,8,10,27-32,34H2,1-3,5-7H3;1-2H3;2H,1H2. The van der Waals surface area contributed by atoms with Gasteiger partial charge in [-0.05, 0) is 112 Å². The van der Waals surface area contributed by atoms with E-state index in [4.69, 9.17) is 0 Å². The number of aryl methyl sites for hydroxylation is 2. The average Bonchev–Trinajstić information content (AvgIpc) is 3.27. The van der Waals surface area contributed by atoms with E-state index in [-0.39, 0.29) is 6.04 Å². The lowest BCUT2D eigenvalue weighted by Gasteiger charge is -2.40. The molecular weight excluding hydrogens is 749 g/mol. The highest BCUT2D eigenvalue weighted by Gasteiger charge is 2.27. The number of benzene rings is 4. The molecule has 4 N–H and O–H groups in total. The van der Waals surface area contributed by atoms with Gasteiger partial charge in [-0.2, -0.15) is 0 Å². The maximum atomic E-state index is 4.56. The van der Waals surface area contributed by atoms with Gasteiger partial charge in [0.1, 0.15) is 0 Å². The topological polar surface area (TPSA) is 59.8 Å². The third-order valence-electron chi connectivity index (χ3n) is 11.1. The maximum absolute atomic E-state index is 4.56. The Morgan fingerprint density at radius 3 is 1.93 bits per heavy atom. The fourth-order valence-corrected chi connectivity index (χ4v) is 8.76. The van der Waals surface area contributed by atoms with Crippen molar-refractivity contribution in [2.45, 2.75) is 66.0 Å². The molecule has 0 saturated carbocycles. The minimum Gasteiger partial charge on any atom is -0.386 e. The van der Waals surface area contributed by atoms with Crippen LogP contribution < -0.4 is 20.7 Å². The van der Waals surface area contributed by atoms with Crippen LogP contribution in [0.4, 0.5) is 17.1 Å². The number of piperazine rings is 1. The molecule has 1 aliphatic carbocycles. The fraction of sp³-hybridized carbons (Fsp3) is 0.400. The number of thioether (sulfide) groups is 1. The van der Waals surface area contributed by atoms with Crippen molar-refractivity contribution >= 4 is 47.2 Å². The molecular formula is C50H70N6S2. The Hall–Kier alpha value is -3.92. The van der Waals surface area contributed by atoms with Crippen LogP contribution in [0.5, 0.6) is 0 Å². The van der Waals surface area contributed by atoms with Gasteiger partial charge in [-0.1, -0.05) is 123 Å². The number of thiol groups is 1. The summed E-state index contributed by atoms with van der Waals surface area (Å²) in [4.78, 5) is 8.86. The van der Waals surface area contributed by atoms with Crippen molar-refractivity contribution in [1.29, 1.82) is 0 Å². The third-order valence-corrected chi connectivity index (χ3v) is 12.3. The highest BCUT2D eigenvalue weighted by Crippen LogP contribution is 2.34. The van der Waals surface area contributed by atoms with E-state index in [0.29, 0.717) is 12.0 Å². The van der Waals surface area contributed by atoms with Gasteiger partial charge in [0.2, 0.25) is 0 Å². The van der Waals surface area contributed by atoms with Gasteiger partial charge in [-0.25, -0.2) is 0 Å². The van der Waals surface area contributed by atoms with Crippen LogP contribution in [0, 0.1) is 19.8 Å². The smallest absolute Gasteiger partial charge is 0.0603 e. The monoisotopic (exact) mass is 819 g/mol. The van der Waals surface area contributed by atoms with Crippen LogP contribution in [-0.4, -0.2) is 75.5 Å². The van der Waals surface area contributed by atoms with Gasteiger partial charge in [0, 0.05) is 55.6 Å². The van der Waals surface area contributed by atoms with Crippen LogP contribution in [0.1, 0.15) is 79.5 Å². The number of allylic oxidation sites excluding steroid dienone is 3. The number of hydrogen-bond acceptors (Lipinski definition) is 8. The summed E-state index contributed by atoms with van der Waals surface area (Å²) >= 11 is 5.00. The highest BCUT2D eigenvalue weighted by atomic mass is 32.2. The second-order valence-corrected chi connectivity index (χ2v) is 16.6. The lowest BCUT2D eigenvalue weighted by Crippen LogP contribution is -2.48. The van der Waals surface area contributed by atoms with E-state index in [0.717, 1.165) is 85.8 Å². The molecule has 2 unspecified atom stereocenters. The first-order valence-electron chi connectivity index (χ1n) is 21.1. The molecule has 0 amide bonds. The van der Waals surface area contributed by atoms with E-state index >= 15 is 0 Å². The van der Waals surface area contributed by atoms with E-state index < -0.39 is 0 Å². The quantitative estimate of drug-likeness (QED) is 0.0840. The van der Waals surface area contributed by atoms with Gasteiger partial charge in [-0.3, -0.25) is 10.0 Å². The molecule has 1 saturated heterocycles. The Balaban J connectivity index is 0.00000180. The SMILES string of the molecule is C=C(c1ccc(N2CCN(C(c3ccc(C)cc3)c3ccc(C)cc3)CC2)cc1)c1ccc(NC(CSC2=CCCC=C2)C(C)CCN(C)C)c(NC)c1.CC.NS. The minimum atomic E-state index is 0.260. The van der Waals surface area contributed by atoms with E-state index in [9.17, 15) is 0 Å². The van der Waals surface area contributed by atoms with Gasteiger partial charge in [0.25, 0.3) is 0 Å². The van der Waals surface area contributed by atoms with Crippen molar-refractivity contribution in [1.82, 2.24) is 9.80 Å². The fourth-order valence-electron chi connectivity index (χ4n) is 7.55. The first-order valence-corrected chi connectivity index (χ1v) is 22.6. The van der Waals surface area contributed by atoms with Crippen LogP contribution in [0.2, 0.25) is 0 Å². The van der Waals surface area contributed by atoms with Crippen LogP contribution in [0.3, 0.4) is 0 Å². The molecule has 6 rings (SSSR count). The molecule has 8 heteroatoms. The average molecular weight is 819 g/mol. The van der Waals surface area contributed by atoms with E-state index in [1.807, 2.05) is 32.7 Å². The summed E-state index contributed by atoms with van der Waals surface area (Å²) in [5, 5.41) is 11.6. The predicted molar refractivity (Wildman–Crippen MR) is 262 cm³/mol.